The van der Waals surface area contributed by atoms with Gasteiger partial charge in [0.2, 0.25) is 0 Å². The van der Waals surface area contributed by atoms with E-state index in [2.05, 4.69) is 10.6 Å². The lowest BCUT2D eigenvalue weighted by Gasteiger charge is -2.04. The van der Waals surface area contributed by atoms with Gasteiger partial charge in [-0.1, -0.05) is 0 Å². The van der Waals surface area contributed by atoms with Crippen molar-refractivity contribution in [3.8, 4) is 6.07 Å². The van der Waals surface area contributed by atoms with Gasteiger partial charge in [0.1, 0.15) is 11.6 Å². The van der Waals surface area contributed by atoms with Gasteiger partial charge in [-0.3, -0.25) is 4.79 Å². The van der Waals surface area contributed by atoms with Gasteiger partial charge in [-0.2, -0.15) is 5.26 Å². The molecule has 0 bridgehead atoms. The first-order chi connectivity index (χ1) is 9.58. The number of aliphatic hydroxyl groups is 1. The van der Waals surface area contributed by atoms with Gasteiger partial charge < -0.3 is 20.8 Å². The van der Waals surface area contributed by atoms with E-state index >= 15 is 0 Å². The van der Waals surface area contributed by atoms with Gasteiger partial charge in [0.25, 0.3) is 5.91 Å². The van der Waals surface area contributed by atoms with E-state index in [0.29, 0.717) is 5.69 Å². The molecule has 0 aliphatic heterocycles. The Morgan fingerprint density at radius 1 is 1.30 bits per heavy atom. The normalized spacial score (nSPS) is 10.5. The number of carboxylic acids is 1. The first-order valence-corrected chi connectivity index (χ1v) is 5.67. The third kappa shape index (κ3) is 4.44. The number of rotatable bonds is 6. The van der Waals surface area contributed by atoms with Gasteiger partial charge in [0.15, 0.2) is 0 Å². The molecule has 0 radical (unpaired) electrons. The molecule has 1 amide bonds. The van der Waals surface area contributed by atoms with Crippen LogP contribution in [0.15, 0.2) is 36.0 Å². The van der Waals surface area contributed by atoms with Gasteiger partial charge in [-0.15, -0.1) is 0 Å². The van der Waals surface area contributed by atoms with Crippen LogP contribution in [0.25, 0.3) is 0 Å². The van der Waals surface area contributed by atoms with Gasteiger partial charge in [0, 0.05) is 18.4 Å². The summed E-state index contributed by atoms with van der Waals surface area (Å²) in [7, 11) is 0. The molecule has 1 rings (SSSR count). The fraction of sp³-hybridized carbons (Fsp3) is 0.154. The number of carboxylic acid groups (broad SMARTS) is 1. The third-order valence-electron chi connectivity index (χ3n) is 2.28. The van der Waals surface area contributed by atoms with Crippen molar-refractivity contribution < 1.29 is 19.8 Å². The van der Waals surface area contributed by atoms with E-state index in [4.69, 9.17) is 15.5 Å². The summed E-state index contributed by atoms with van der Waals surface area (Å²) >= 11 is 0. The molecule has 1 aromatic carbocycles. The largest absolute Gasteiger partial charge is 0.478 e. The molecule has 20 heavy (non-hydrogen) atoms. The van der Waals surface area contributed by atoms with Crippen LogP contribution < -0.4 is 10.6 Å². The fourth-order valence-electron chi connectivity index (χ4n) is 1.28. The molecular weight excluding hydrogens is 262 g/mol. The zero-order valence-electron chi connectivity index (χ0n) is 10.5. The molecule has 0 unspecified atom stereocenters. The number of nitrogens with one attached hydrogen (secondary N) is 2. The highest BCUT2D eigenvalue weighted by Gasteiger charge is 2.07. The maximum Gasteiger partial charge on any atom is 0.335 e. The van der Waals surface area contributed by atoms with Crippen molar-refractivity contribution in [1.29, 1.82) is 5.26 Å². The lowest BCUT2D eigenvalue weighted by atomic mass is 10.2. The lowest BCUT2D eigenvalue weighted by Crippen LogP contribution is -2.27. The number of nitrogens with zero attached hydrogens (tertiary/aromatic N) is 1. The molecule has 0 aliphatic carbocycles. The first-order valence-electron chi connectivity index (χ1n) is 5.67. The molecule has 1 aromatic rings. The highest BCUT2D eigenvalue weighted by atomic mass is 16.4. The molecule has 7 nitrogen and oxygen atoms in total. The van der Waals surface area contributed by atoms with Crippen molar-refractivity contribution in [2.75, 3.05) is 18.5 Å². The third-order valence-corrected chi connectivity index (χ3v) is 2.28. The number of aliphatic hydroxyl groups excluding tert-OH is 1. The predicted molar refractivity (Wildman–Crippen MR) is 70.8 cm³/mol. The quantitative estimate of drug-likeness (QED) is 0.438. The molecular formula is C13H13N3O4. The van der Waals surface area contributed by atoms with Crippen LogP contribution in [-0.2, 0) is 4.79 Å². The standard InChI is InChI=1S/C13H13N3O4/c14-7-10(12(18)15-5-6-17)8-16-11-3-1-9(2-4-11)13(19)20/h1-4,8,16-17H,5-6H2,(H,15,18)(H,19,20). The Bertz CT molecular complexity index is 558. The second-order valence-corrected chi connectivity index (χ2v) is 3.68. The molecule has 0 saturated carbocycles. The van der Waals surface area contributed by atoms with Crippen LogP contribution in [0.4, 0.5) is 5.69 Å². The minimum atomic E-state index is -1.03. The van der Waals surface area contributed by atoms with Crippen LogP contribution in [0.3, 0.4) is 0 Å². The number of carbonyl (C=O) groups excluding carboxylic acids is 1. The summed E-state index contributed by atoms with van der Waals surface area (Å²) in [5.74, 6) is -1.63. The molecule has 0 fully saturated rings. The molecule has 0 heterocycles. The second kappa shape index (κ2) is 7.56. The minimum absolute atomic E-state index is 0.0607. The first kappa shape index (κ1) is 15.2. The lowest BCUT2D eigenvalue weighted by molar-refractivity contribution is -0.117. The van der Waals surface area contributed by atoms with E-state index in [0.717, 1.165) is 0 Å². The second-order valence-electron chi connectivity index (χ2n) is 3.68. The van der Waals surface area contributed by atoms with E-state index in [-0.39, 0.29) is 24.3 Å². The summed E-state index contributed by atoms with van der Waals surface area (Å²) in [5.41, 5.74) is 0.527. The number of aromatic carboxylic acids is 1. The molecule has 104 valence electrons. The predicted octanol–water partition coefficient (Wildman–Crippen LogP) is 0.313. The number of amides is 1. The van der Waals surface area contributed by atoms with E-state index in [1.165, 1.54) is 30.5 Å². The smallest absolute Gasteiger partial charge is 0.335 e. The van der Waals surface area contributed by atoms with Crippen LogP contribution >= 0.6 is 0 Å². The van der Waals surface area contributed by atoms with E-state index < -0.39 is 11.9 Å². The Morgan fingerprint density at radius 2 is 1.95 bits per heavy atom. The van der Waals surface area contributed by atoms with Crippen molar-refractivity contribution in [1.82, 2.24) is 5.32 Å². The molecule has 0 spiro atoms. The Balaban J connectivity index is 2.71. The average Bonchev–Trinajstić information content (AvgIpc) is 2.46. The summed E-state index contributed by atoms with van der Waals surface area (Å²) in [4.78, 5) is 22.1. The molecule has 0 saturated heterocycles. The van der Waals surface area contributed by atoms with Crippen molar-refractivity contribution in [2.45, 2.75) is 0 Å². The Hall–Kier alpha value is -2.85. The maximum atomic E-state index is 11.5. The SMILES string of the molecule is N#CC(=CNc1ccc(C(=O)O)cc1)C(=O)NCCO. The molecule has 7 heteroatoms. The number of hydrogen-bond acceptors (Lipinski definition) is 5. The average molecular weight is 275 g/mol. The summed E-state index contributed by atoms with van der Waals surface area (Å²) in [6.07, 6.45) is 1.21. The fourth-order valence-corrected chi connectivity index (χ4v) is 1.28. The number of anilines is 1. The highest BCUT2D eigenvalue weighted by Crippen LogP contribution is 2.10. The Kier molecular flexibility index (Phi) is 5.75. The zero-order valence-corrected chi connectivity index (χ0v) is 10.5. The number of hydrogen-bond donors (Lipinski definition) is 4. The highest BCUT2D eigenvalue weighted by molar-refractivity contribution is 5.97. The summed E-state index contributed by atoms with van der Waals surface area (Å²) < 4.78 is 0. The monoisotopic (exact) mass is 275 g/mol. The Morgan fingerprint density at radius 3 is 2.45 bits per heavy atom. The Labute approximate surface area is 115 Å². The van der Waals surface area contributed by atoms with E-state index in [1.54, 1.807) is 6.07 Å². The number of nitriles is 1. The van der Waals surface area contributed by atoms with Crippen molar-refractivity contribution in [3.63, 3.8) is 0 Å². The molecule has 0 aromatic heterocycles. The van der Waals surface area contributed by atoms with Crippen LogP contribution in [0, 0.1) is 11.3 Å². The zero-order chi connectivity index (χ0) is 15.0. The number of carbonyl (C=O) groups is 2. The molecule has 4 N–H and O–H groups in total. The van der Waals surface area contributed by atoms with Gasteiger partial charge >= 0.3 is 5.97 Å². The molecule has 0 atom stereocenters. The van der Waals surface area contributed by atoms with Crippen LogP contribution in [0.5, 0.6) is 0 Å². The van der Waals surface area contributed by atoms with Gasteiger partial charge in [-0.05, 0) is 24.3 Å². The topological polar surface area (TPSA) is 122 Å². The van der Waals surface area contributed by atoms with Crippen LogP contribution in [-0.4, -0.2) is 35.2 Å². The van der Waals surface area contributed by atoms with E-state index in [9.17, 15) is 9.59 Å². The van der Waals surface area contributed by atoms with E-state index in [1.807, 2.05) is 0 Å². The van der Waals surface area contributed by atoms with Crippen molar-refractivity contribution in [3.05, 3.63) is 41.6 Å². The maximum absolute atomic E-state index is 11.5. The van der Waals surface area contributed by atoms with Crippen molar-refractivity contribution in [2.24, 2.45) is 0 Å². The summed E-state index contributed by atoms with van der Waals surface area (Å²) in [6, 6.07) is 7.55. The molecule has 0 aliphatic rings. The van der Waals surface area contributed by atoms with Gasteiger partial charge in [0.05, 0.1) is 12.2 Å². The summed E-state index contributed by atoms with van der Waals surface area (Å²) in [5, 5.41) is 31.2. The van der Waals surface area contributed by atoms with Crippen LogP contribution in [0.2, 0.25) is 0 Å². The van der Waals surface area contributed by atoms with Crippen LogP contribution in [0.1, 0.15) is 10.4 Å². The van der Waals surface area contributed by atoms with Gasteiger partial charge in [-0.25, -0.2) is 4.79 Å². The van der Waals surface area contributed by atoms with Crippen molar-refractivity contribution >= 4 is 17.6 Å². The number of benzene rings is 1. The minimum Gasteiger partial charge on any atom is -0.478 e. The summed E-state index contributed by atoms with van der Waals surface area (Å²) in [6.45, 7) is -0.153.